The first-order valence-corrected chi connectivity index (χ1v) is 7.58. The molecule has 0 radical (unpaired) electrons. The minimum Gasteiger partial charge on any atom is -0.378 e. The molecule has 1 N–H and O–H groups in total. The predicted molar refractivity (Wildman–Crippen MR) is 82.0 cm³/mol. The number of nitrogens with one attached hydrogen (secondary N) is 1. The Kier molecular flexibility index (Phi) is 3.18. The lowest BCUT2D eigenvalue weighted by Gasteiger charge is -2.37. The summed E-state index contributed by atoms with van der Waals surface area (Å²) in [6.45, 7) is 0. The first kappa shape index (κ1) is 14.3. The summed E-state index contributed by atoms with van der Waals surface area (Å²) in [5, 5.41) is 3.43. The van der Waals surface area contributed by atoms with E-state index in [0.29, 0.717) is 0 Å². The lowest BCUT2D eigenvalue weighted by atomic mass is 9.77. The standard InChI is InChI=1S/C18H15F3N2/c19-18(20,21)12-4-5-16-15(10-12)13-2-1-3-14(13)17(23-16)11-6-8-22-9-7-11/h1-2,4-10,13-14,17,23H,3H2/t13-,14-,17-/m0/s1. The molecule has 3 atom stereocenters. The van der Waals surface area contributed by atoms with Crippen molar-refractivity contribution in [3.8, 4) is 0 Å². The Balaban J connectivity index is 1.78. The number of anilines is 1. The molecule has 4 rings (SSSR count). The van der Waals surface area contributed by atoms with Crippen molar-refractivity contribution >= 4 is 5.69 Å². The van der Waals surface area contributed by atoms with Crippen LogP contribution < -0.4 is 5.32 Å². The Morgan fingerprint density at radius 2 is 1.87 bits per heavy atom. The lowest BCUT2D eigenvalue weighted by Crippen LogP contribution is -2.29. The molecule has 5 heteroatoms. The van der Waals surface area contributed by atoms with E-state index in [-0.39, 0.29) is 17.9 Å². The summed E-state index contributed by atoms with van der Waals surface area (Å²) in [5.41, 5.74) is 2.06. The Morgan fingerprint density at radius 3 is 2.61 bits per heavy atom. The molecule has 118 valence electrons. The Hall–Kier alpha value is -2.30. The number of allylic oxidation sites excluding steroid dienone is 2. The van der Waals surface area contributed by atoms with Gasteiger partial charge in [0.15, 0.2) is 0 Å². The van der Waals surface area contributed by atoms with Crippen LogP contribution in [0.4, 0.5) is 18.9 Å². The highest BCUT2D eigenvalue weighted by Gasteiger charge is 2.39. The van der Waals surface area contributed by atoms with Crippen LogP contribution in [0, 0.1) is 5.92 Å². The summed E-state index contributed by atoms with van der Waals surface area (Å²) in [7, 11) is 0. The molecular formula is C18H15F3N2. The predicted octanol–water partition coefficient (Wildman–Crippen LogP) is 4.93. The van der Waals surface area contributed by atoms with Crippen LogP contribution in [0.1, 0.15) is 35.1 Å². The van der Waals surface area contributed by atoms with Crippen LogP contribution in [0.3, 0.4) is 0 Å². The van der Waals surface area contributed by atoms with E-state index >= 15 is 0 Å². The monoisotopic (exact) mass is 316 g/mol. The highest BCUT2D eigenvalue weighted by molar-refractivity contribution is 5.61. The van der Waals surface area contributed by atoms with Gasteiger partial charge in [-0.25, -0.2) is 0 Å². The minimum atomic E-state index is -4.31. The number of hydrogen-bond donors (Lipinski definition) is 1. The molecule has 2 nitrogen and oxygen atoms in total. The van der Waals surface area contributed by atoms with Crippen molar-refractivity contribution in [3.05, 3.63) is 71.6 Å². The number of halogens is 3. The van der Waals surface area contributed by atoms with E-state index in [1.54, 1.807) is 18.5 Å². The van der Waals surface area contributed by atoms with Crippen molar-refractivity contribution in [2.75, 3.05) is 5.32 Å². The summed E-state index contributed by atoms with van der Waals surface area (Å²) >= 11 is 0. The van der Waals surface area contributed by atoms with Crippen molar-refractivity contribution in [2.24, 2.45) is 5.92 Å². The fourth-order valence-electron chi connectivity index (χ4n) is 3.67. The first-order valence-electron chi connectivity index (χ1n) is 7.58. The Bertz CT molecular complexity index is 753. The maximum Gasteiger partial charge on any atom is 0.416 e. The topological polar surface area (TPSA) is 24.9 Å². The molecule has 2 aromatic rings. The number of hydrogen-bond acceptors (Lipinski definition) is 2. The third-order valence-corrected chi connectivity index (χ3v) is 4.76. The molecule has 0 saturated carbocycles. The zero-order valence-corrected chi connectivity index (χ0v) is 12.2. The molecule has 1 aromatic carbocycles. The van der Waals surface area contributed by atoms with Gasteiger partial charge in [-0.15, -0.1) is 0 Å². The van der Waals surface area contributed by atoms with Crippen molar-refractivity contribution in [3.63, 3.8) is 0 Å². The van der Waals surface area contributed by atoms with E-state index in [2.05, 4.69) is 16.4 Å². The second kappa shape index (κ2) is 5.11. The molecule has 1 aliphatic heterocycles. The zero-order valence-electron chi connectivity index (χ0n) is 12.2. The largest absolute Gasteiger partial charge is 0.416 e. The van der Waals surface area contributed by atoms with E-state index < -0.39 is 11.7 Å². The van der Waals surface area contributed by atoms with E-state index in [4.69, 9.17) is 0 Å². The Morgan fingerprint density at radius 1 is 1.09 bits per heavy atom. The number of nitrogens with zero attached hydrogens (tertiary/aromatic N) is 1. The van der Waals surface area contributed by atoms with Crippen LogP contribution in [0.5, 0.6) is 0 Å². The van der Waals surface area contributed by atoms with Gasteiger partial charge < -0.3 is 5.32 Å². The number of aromatic nitrogens is 1. The zero-order chi connectivity index (χ0) is 16.0. The lowest BCUT2D eigenvalue weighted by molar-refractivity contribution is -0.137. The summed E-state index contributed by atoms with van der Waals surface area (Å²) in [6.07, 6.45) is 4.15. The van der Waals surface area contributed by atoms with Crippen LogP contribution in [0.15, 0.2) is 54.9 Å². The maximum atomic E-state index is 13.0. The first-order chi connectivity index (χ1) is 11.0. The molecule has 0 fully saturated rings. The smallest absolute Gasteiger partial charge is 0.378 e. The average molecular weight is 316 g/mol. The number of benzene rings is 1. The van der Waals surface area contributed by atoms with Gasteiger partial charge in [-0.05, 0) is 53.8 Å². The van der Waals surface area contributed by atoms with Crippen molar-refractivity contribution in [2.45, 2.75) is 24.6 Å². The fraction of sp³-hybridized carbons (Fsp3) is 0.278. The van der Waals surface area contributed by atoms with Crippen molar-refractivity contribution in [1.29, 1.82) is 0 Å². The van der Waals surface area contributed by atoms with Gasteiger partial charge in [0.05, 0.1) is 11.6 Å². The van der Waals surface area contributed by atoms with Gasteiger partial charge in [0, 0.05) is 24.0 Å². The molecule has 0 amide bonds. The molecule has 23 heavy (non-hydrogen) atoms. The summed E-state index contributed by atoms with van der Waals surface area (Å²) < 4.78 is 39.0. The number of fused-ring (bicyclic) bond motifs is 3. The normalized spacial score (nSPS) is 25.6. The fourth-order valence-corrected chi connectivity index (χ4v) is 3.67. The number of alkyl halides is 3. The quantitative estimate of drug-likeness (QED) is 0.755. The van der Waals surface area contributed by atoms with Crippen LogP contribution in [0.2, 0.25) is 0 Å². The molecule has 2 heterocycles. The molecule has 0 spiro atoms. The van der Waals surface area contributed by atoms with Gasteiger partial charge >= 0.3 is 6.18 Å². The van der Waals surface area contributed by atoms with Crippen LogP contribution >= 0.6 is 0 Å². The molecule has 2 aliphatic rings. The van der Waals surface area contributed by atoms with Gasteiger partial charge in [0.2, 0.25) is 0 Å². The van der Waals surface area contributed by atoms with E-state index in [0.717, 1.165) is 29.3 Å². The summed E-state index contributed by atoms with van der Waals surface area (Å²) in [4.78, 5) is 4.04. The SMILES string of the molecule is FC(F)(F)c1ccc2c(c1)[C@H]1C=CC[C@@H]1[C@H](c1ccncc1)N2. The van der Waals surface area contributed by atoms with Gasteiger partial charge in [-0.3, -0.25) is 4.98 Å². The molecule has 1 aliphatic carbocycles. The third kappa shape index (κ3) is 2.40. The molecule has 1 aromatic heterocycles. The van der Waals surface area contributed by atoms with Gasteiger partial charge in [0.25, 0.3) is 0 Å². The van der Waals surface area contributed by atoms with E-state index in [9.17, 15) is 13.2 Å². The second-order valence-corrected chi connectivity index (χ2v) is 6.06. The second-order valence-electron chi connectivity index (χ2n) is 6.06. The molecule has 0 bridgehead atoms. The van der Waals surface area contributed by atoms with Gasteiger partial charge in [-0.1, -0.05) is 12.2 Å². The Labute approximate surface area is 132 Å². The van der Waals surface area contributed by atoms with Crippen LogP contribution in [0.25, 0.3) is 0 Å². The van der Waals surface area contributed by atoms with Crippen molar-refractivity contribution < 1.29 is 13.2 Å². The maximum absolute atomic E-state index is 13.0. The molecule has 0 saturated heterocycles. The highest BCUT2D eigenvalue weighted by atomic mass is 19.4. The van der Waals surface area contributed by atoms with Gasteiger partial charge in [-0.2, -0.15) is 13.2 Å². The molecule has 0 unspecified atom stereocenters. The average Bonchev–Trinajstić information content (AvgIpc) is 3.03. The van der Waals surface area contributed by atoms with Gasteiger partial charge in [0.1, 0.15) is 0 Å². The summed E-state index contributed by atoms with van der Waals surface area (Å²) in [5.74, 6) is 0.250. The third-order valence-electron chi connectivity index (χ3n) is 4.76. The number of pyridine rings is 1. The number of rotatable bonds is 1. The van der Waals surface area contributed by atoms with Crippen molar-refractivity contribution in [1.82, 2.24) is 4.98 Å². The molecular weight excluding hydrogens is 301 g/mol. The van der Waals surface area contributed by atoms with E-state index in [1.165, 1.54) is 6.07 Å². The minimum absolute atomic E-state index is 0.0201. The summed E-state index contributed by atoms with van der Waals surface area (Å²) in [6, 6.07) is 7.99. The highest BCUT2D eigenvalue weighted by Crippen LogP contribution is 2.50. The van der Waals surface area contributed by atoms with Crippen LogP contribution in [-0.2, 0) is 6.18 Å². The van der Waals surface area contributed by atoms with E-state index in [1.807, 2.05) is 18.2 Å². The van der Waals surface area contributed by atoms with Crippen LogP contribution in [-0.4, -0.2) is 4.98 Å².